The molecule has 0 fully saturated rings. The van der Waals surface area contributed by atoms with E-state index in [1.807, 2.05) is 0 Å². The van der Waals surface area contributed by atoms with Gasteiger partial charge in [-0.05, 0) is 18.2 Å². The molecule has 0 radical (unpaired) electrons. The Morgan fingerprint density at radius 3 is 2.56 bits per heavy atom. The Kier molecular flexibility index (Phi) is 4.34. The molecule has 6 nitrogen and oxygen atoms in total. The van der Waals surface area contributed by atoms with Crippen molar-refractivity contribution in [3.8, 4) is 11.7 Å². The zero-order valence-electron chi connectivity index (χ0n) is 12.8. The summed E-state index contributed by atoms with van der Waals surface area (Å²) in [7, 11) is 0. The molecule has 2 aromatic heterocycles. The van der Waals surface area contributed by atoms with Crippen LogP contribution in [0.25, 0.3) is 5.69 Å². The predicted molar refractivity (Wildman–Crippen MR) is 77.2 cm³/mol. The number of halogens is 4. The molecule has 0 unspecified atom stereocenters. The summed E-state index contributed by atoms with van der Waals surface area (Å²) in [5.74, 6) is -4.93. The minimum absolute atomic E-state index is 0.0503. The van der Waals surface area contributed by atoms with E-state index < -0.39 is 23.1 Å². The molecular weight excluding hydrogens is 342 g/mol. The van der Waals surface area contributed by atoms with Crippen molar-refractivity contribution in [2.45, 2.75) is 19.5 Å². The Morgan fingerprint density at radius 2 is 1.88 bits per heavy atom. The molecule has 0 saturated carbocycles. The zero-order chi connectivity index (χ0) is 18.0. The second kappa shape index (κ2) is 6.46. The normalized spacial score (nSPS) is 11.6. The molecule has 0 bridgehead atoms. The van der Waals surface area contributed by atoms with Crippen LogP contribution in [0.5, 0.6) is 6.01 Å². The monoisotopic (exact) mass is 353 g/mol. The van der Waals surface area contributed by atoms with Crippen molar-refractivity contribution >= 4 is 0 Å². The molecule has 0 atom stereocenters. The number of aromatic nitrogens is 5. The topological polar surface area (TPSA) is 65.7 Å². The van der Waals surface area contributed by atoms with Gasteiger partial charge in [-0.15, -0.1) is 5.10 Å². The van der Waals surface area contributed by atoms with Crippen LogP contribution >= 0.6 is 0 Å². The molecule has 0 saturated heterocycles. The van der Waals surface area contributed by atoms with Gasteiger partial charge in [0, 0.05) is 6.92 Å². The van der Waals surface area contributed by atoms with E-state index in [-0.39, 0.29) is 18.3 Å². The van der Waals surface area contributed by atoms with Gasteiger partial charge in [0.1, 0.15) is 18.1 Å². The van der Waals surface area contributed by atoms with Crippen molar-refractivity contribution in [3.05, 3.63) is 59.7 Å². The van der Waals surface area contributed by atoms with Crippen molar-refractivity contribution in [1.29, 1.82) is 0 Å². The Morgan fingerprint density at radius 1 is 1.16 bits per heavy atom. The lowest BCUT2D eigenvalue weighted by atomic mass is 10.1. The van der Waals surface area contributed by atoms with E-state index in [4.69, 9.17) is 4.74 Å². The molecule has 3 rings (SSSR count). The SMILES string of the molecule is CC(F)(F)c1cc(-n2cc(COc3ncc(F)cn3)nn2)ccc1F. The van der Waals surface area contributed by atoms with Crippen LogP contribution < -0.4 is 4.74 Å². The van der Waals surface area contributed by atoms with Gasteiger partial charge in [-0.3, -0.25) is 0 Å². The molecule has 1 aromatic carbocycles. The molecule has 0 N–H and O–H groups in total. The van der Waals surface area contributed by atoms with Crippen molar-refractivity contribution in [3.63, 3.8) is 0 Å². The van der Waals surface area contributed by atoms with Gasteiger partial charge in [0.25, 0.3) is 5.92 Å². The van der Waals surface area contributed by atoms with Crippen LogP contribution in [0.3, 0.4) is 0 Å². The van der Waals surface area contributed by atoms with Crippen molar-refractivity contribution in [2.75, 3.05) is 0 Å². The summed E-state index contributed by atoms with van der Waals surface area (Å²) < 4.78 is 59.5. The lowest BCUT2D eigenvalue weighted by Gasteiger charge is -2.12. The summed E-state index contributed by atoms with van der Waals surface area (Å²) >= 11 is 0. The Hall–Kier alpha value is -3.04. The third-order valence-electron chi connectivity index (χ3n) is 3.17. The summed E-state index contributed by atoms with van der Waals surface area (Å²) in [5, 5.41) is 7.60. The second-order valence-electron chi connectivity index (χ2n) is 5.18. The highest BCUT2D eigenvalue weighted by Gasteiger charge is 2.28. The second-order valence-corrected chi connectivity index (χ2v) is 5.18. The molecule has 0 aliphatic carbocycles. The minimum atomic E-state index is -3.33. The summed E-state index contributed by atoms with van der Waals surface area (Å²) in [6.07, 6.45) is 3.32. The predicted octanol–water partition coefficient (Wildman–Crippen LogP) is 3.03. The summed E-state index contributed by atoms with van der Waals surface area (Å²) in [6, 6.07) is 3.18. The van der Waals surface area contributed by atoms with Crippen molar-refractivity contribution in [1.82, 2.24) is 25.0 Å². The molecule has 10 heteroatoms. The first-order valence-electron chi connectivity index (χ1n) is 7.03. The standard InChI is InChI=1S/C15H11F4N5O/c1-15(18,19)12-4-11(2-3-13(12)17)24-7-10(22-23-24)8-25-14-20-5-9(16)6-21-14/h2-7H,8H2,1H3. The van der Waals surface area contributed by atoms with Crippen LogP contribution in [0.2, 0.25) is 0 Å². The quantitative estimate of drug-likeness (QED) is 0.660. The van der Waals surface area contributed by atoms with E-state index >= 15 is 0 Å². The van der Waals surface area contributed by atoms with Crippen molar-refractivity contribution < 1.29 is 22.3 Å². The van der Waals surface area contributed by atoms with E-state index in [2.05, 4.69) is 20.3 Å². The highest BCUT2D eigenvalue weighted by atomic mass is 19.3. The zero-order valence-corrected chi connectivity index (χ0v) is 12.8. The Labute approximate surface area is 139 Å². The fourth-order valence-electron chi connectivity index (χ4n) is 2.00. The number of ether oxygens (including phenoxy) is 1. The average Bonchev–Trinajstić information content (AvgIpc) is 3.03. The number of nitrogens with zero attached hydrogens (tertiary/aromatic N) is 5. The van der Waals surface area contributed by atoms with Crippen LogP contribution in [0.15, 0.2) is 36.8 Å². The first-order valence-corrected chi connectivity index (χ1v) is 7.03. The maximum atomic E-state index is 13.5. The molecule has 0 amide bonds. The van der Waals surface area contributed by atoms with Gasteiger partial charge in [0.2, 0.25) is 0 Å². The highest BCUT2D eigenvalue weighted by molar-refractivity contribution is 5.37. The number of rotatable bonds is 5. The number of hydrogen-bond acceptors (Lipinski definition) is 5. The highest BCUT2D eigenvalue weighted by Crippen LogP contribution is 2.30. The number of benzene rings is 1. The van der Waals surface area contributed by atoms with E-state index in [0.29, 0.717) is 12.6 Å². The van der Waals surface area contributed by atoms with Gasteiger partial charge in [0.05, 0.1) is 29.8 Å². The van der Waals surface area contributed by atoms with Crippen LogP contribution in [0.1, 0.15) is 18.2 Å². The van der Waals surface area contributed by atoms with E-state index in [9.17, 15) is 17.6 Å². The first kappa shape index (κ1) is 16.8. The molecule has 0 spiro atoms. The van der Waals surface area contributed by atoms with E-state index in [1.165, 1.54) is 16.9 Å². The summed E-state index contributed by atoms with van der Waals surface area (Å²) in [4.78, 5) is 7.24. The van der Waals surface area contributed by atoms with Crippen LogP contribution in [-0.2, 0) is 12.5 Å². The largest absolute Gasteiger partial charge is 0.457 e. The Balaban J connectivity index is 1.76. The molecule has 2 heterocycles. The van der Waals surface area contributed by atoms with Gasteiger partial charge < -0.3 is 4.74 Å². The lowest BCUT2D eigenvalue weighted by molar-refractivity contribution is 0.0137. The van der Waals surface area contributed by atoms with Crippen LogP contribution in [0, 0.1) is 11.6 Å². The molecular formula is C15H11F4N5O. The molecule has 3 aromatic rings. The molecule has 0 aliphatic heterocycles. The average molecular weight is 353 g/mol. The number of hydrogen-bond donors (Lipinski definition) is 0. The van der Waals surface area contributed by atoms with Crippen molar-refractivity contribution in [2.24, 2.45) is 0 Å². The number of alkyl halides is 2. The molecule has 0 aliphatic rings. The fraction of sp³-hybridized carbons (Fsp3) is 0.200. The van der Waals surface area contributed by atoms with Gasteiger partial charge in [-0.2, -0.15) is 0 Å². The molecule has 130 valence electrons. The smallest absolute Gasteiger partial charge is 0.316 e. The van der Waals surface area contributed by atoms with Gasteiger partial charge in [-0.25, -0.2) is 32.2 Å². The van der Waals surface area contributed by atoms with Crippen LogP contribution in [0.4, 0.5) is 17.6 Å². The lowest BCUT2D eigenvalue weighted by Crippen LogP contribution is -2.11. The van der Waals surface area contributed by atoms with Gasteiger partial charge in [-0.1, -0.05) is 5.21 Å². The Bertz CT molecular complexity index is 876. The summed E-state index contributed by atoms with van der Waals surface area (Å²) in [6.45, 7) is 0.544. The van der Waals surface area contributed by atoms with Gasteiger partial charge >= 0.3 is 6.01 Å². The third-order valence-corrected chi connectivity index (χ3v) is 3.17. The first-order chi connectivity index (χ1) is 11.8. The van der Waals surface area contributed by atoms with Crippen LogP contribution in [-0.4, -0.2) is 25.0 Å². The summed E-state index contributed by atoms with van der Waals surface area (Å²) in [5.41, 5.74) is -0.172. The minimum Gasteiger partial charge on any atom is -0.457 e. The van der Waals surface area contributed by atoms with E-state index in [0.717, 1.165) is 24.5 Å². The third kappa shape index (κ3) is 3.90. The molecule has 25 heavy (non-hydrogen) atoms. The maximum absolute atomic E-state index is 13.5. The van der Waals surface area contributed by atoms with Gasteiger partial charge in [0.15, 0.2) is 5.82 Å². The van der Waals surface area contributed by atoms with E-state index in [1.54, 1.807) is 0 Å². The maximum Gasteiger partial charge on any atom is 0.316 e. The fourth-order valence-corrected chi connectivity index (χ4v) is 2.00.